The Morgan fingerprint density at radius 2 is 2.22 bits per heavy atom. The molecule has 2 atom stereocenters. The van der Waals surface area contributed by atoms with Crippen molar-refractivity contribution in [3.05, 3.63) is 0 Å². The zero-order valence-corrected chi connectivity index (χ0v) is 12.2. The van der Waals surface area contributed by atoms with E-state index in [1.54, 1.807) is 7.11 Å². The van der Waals surface area contributed by atoms with Gasteiger partial charge in [0.2, 0.25) is 5.91 Å². The number of likely N-dealkylation sites (tertiary alicyclic amines) is 1. The summed E-state index contributed by atoms with van der Waals surface area (Å²) in [6.07, 6.45) is 4.15. The van der Waals surface area contributed by atoms with Gasteiger partial charge < -0.3 is 15.0 Å². The number of piperidine rings is 1. The molecule has 1 fully saturated rings. The minimum atomic E-state index is -0.00466. The Morgan fingerprint density at radius 1 is 1.50 bits per heavy atom. The van der Waals surface area contributed by atoms with Gasteiger partial charge in [0.25, 0.3) is 0 Å². The number of methoxy groups -OCH3 is 1. The van der Waals surface area contributed by atoms with Crippen LogP contribution in [0.2, 0.25) is 0 Å². The standard InChI is InChI=1S/C14H28N2O2/c1-5-7-12(10-18-4)16-9-6-8-13(14(16)17)15-11(2)3/h11-13,15H,5-10H2,1-4H3. The zero-order valence-electron chi connectivity index (χ0n) is 12.2. The molecule has 0 radical (unpaired) electrons. The number of rotatable bonds is 7. The molecule has 0 spiro atoms. The molecule has 4 nitrogen and oxygen atoms in total. The first-order valence-electron chi connectivity index (χ1n) is 7.15. The van der Waals surface area contributed by atoms with E-state index in [1.807, 2.05) is 4.90 Å². The molecule has 1 aliphatic heterocycles. The maximum absolute atomic E-state index is 12.5. The molecule has 1 N–H and O–H groups in total. The van der Waals surface area contributed by atoms with Crippen LogP contribution in [0, 0.1) is 0 Å². The van der Waals surface area contributed by atoms with E-state index in [0.717, 1.165) is 32.2 Å². The van der Waals surface area contributed by atoms with Crippen molar-refractivity contribution in [3.63, 3.8) is 0 Å². The predicted molar refractivity (Wildman–Crippen MR) is 73.6 cm³/mol. The number of carbonyl (C=O) groups is 1. The molecule has 106 valence electrons. The molecule has 0 aromatic carbocycles. The van der Waals surface area contributed by atoms with Gasteiger partial charge in [-0.2, -0.15) is 0 Å². The molecular formula is C14H28N2O2. The highest BCUT2D eigenvalue weighted by Gasteiger charge is 2.32. The average molecular weight is 256 g/mol. The van der Waals surface area contributed by atoms with Gasteiger partial charge in [0.05, 0.1) is 18.7 Å². The van der Waals surface area contributed by atoms with E-state index in [-0.39, 0.29) is 18.0 Å². The Kier molecular flexibility index (Phi) is 6.65. The predicted octanol–water partition coefficient (Wildman–Crippen LogP) is 1.79. The minimum absolute atomic E-state index is 0.00466. The molecule has 18 heavy (non-hydrogen) atoms. The summed E-state index contributed by atoms with van der Waals surface area (Å²) < 4.78 is 5.26. The third-order valence-electron chi connectivity index (χ3n) is 3.43. The maximum Gasteiger partial charge on any atom is 0.240 e. The van der Waals surface area contributed by atoms with Crippen molar-refractivity contribution in [1.82, 2.24) is 10.2 Å². The second-order valence-electron chi connectivity index (χ2n) is 5.45. The highest BCUT2D eigenvalue weighted by Crippen LogP contribution is 2.18. The van der Waals surface area contributed by atoms with Gasteiger partial charge >= 0.3 is 0 Å². The first kappa shape index (κ1) is 15.4. The third-order valence-corrected chi connectivity index (χ3v) is 3.43. The third kappa shape index (κ3) is 4.25. The van der Waals surface area contributed by atoms with Crippen LogP contribution in [0.25, 0.3) is 0 Å². The van der Waals surface area contributed by atoms with E-state index in [1.165, 1.54) is 0 Å². The number of ether oxygens (including phenoxy) is 1. The SMILES string of the molecule is CCCC(COC)N1CCCC(NC(C)C)C1=O. The number of hydrogen-bond acceptors (Lipinski definition) is 3. The van der Waals surface area contributed by atoms with Crippen molar-refractivity contribution in [2.45, 2.75) is 64.6 Å². The summed E-state index contributed by atoms with van der Waals surface area (Å²) in [5.74, 6) is 0.255. The molecule has 1 rings (SSSR count). The van der Waals surface area contributed by atoms with Crippen LogP contribution in [0.15, 0.2) is 0 Å². The lowest BCUT2D eigenvalue weighted by molar-refractivity contribution is -0.140. The first-order chi connectivity index (χ1) is 8.60. The Labute approximate surface area is 111 Å². The van der Waals surface area contributed by atoms with E-state index in [0.29, 0.717) is 12.6 Å². The van der Waals surface area contributed by atoms with E-state index in [4.69, 9.17) is 4.74 Å². The molecule has 0 bridgehead atoms. The van der Waals surface area contributed by atoms with Gasteiger partial charge in [-0.1, -0.05) is 27.2 Å². The number of carbonyl (C=O) groups excluding carboxylic acids is 1. The largest absolute Gasteiger partial charge is 0.383 e. The van der Waals surface area contributed by atoms with Crippen LogP contribution in [0.5, 0.6) is 0 Å². The molecule has 1 aliphatic rings. The fraction of sp³-hybridized carbons (Fsp3) is 0.929. The van der Waals surface area contributed by atoms with E-state index < -0.39 is 0 Å². The molecule has 0 aromatic rings. The Bertz CT molecular complexity index is 250. The molecule has 0 saturated carbocycles. The summed E-state index contributed by atoms with van der Waals surface area (Å²) in [6.45, 7) is 7.86. The topological polar surface area (TPSA) is 41.6 Å². The molecule has 1 heterocycles. The van der Waals surface area contributed by atoms with Crippen LogP contribution in [-0.2, 0) is 9.53 Å². The normalized spacial score (nSPS) is 22.6. The monoisotopic (exact) mass is 256 g/mol. The second-order valence-corrected chi connectivity index (χ2v) is 5.45. The van der Waals surface area contributed by atoms with Gasteiger partial charge in [-0.25, -0.2) is 0 Å². The lowest BCUT2D eigenvalue weighted by atomic mass is 10.0. The number of nitrogens with one attached hydrogen (secondary N) is 1. The van der Waals surface area contributed by atoms with Crippen LogP contribution in [0.1, 0.15) is 46.5 Å². The van der Waals surface area contributed by atoms with Crippen molar-refractivity contribution in [2.24, 2.45) is 0 Å². The average Bonchev–Trinajstić information content (AvgIpc) is 2.31. The lowest BCUT2D eigenvalue weighted by Gasteiger charge is -2.38. The quantitative estimate of drug-likeness (QED) is 0.755. The Morgan fingerprint density at radius 3 is 2.78 bits per heavy atom. The summed E-state index contributed by atoms with van der Waals surface area (Å²) in [5.41, 5.74) is 0. The molecule has 4 heteroatoms. The van der Waals surface area contributed by atoms with Crippen molar-refractivity contribution < 1.29 is 9.53 Å². The first-order valence-corrected chi connectivity index (χ1v) is 7.15. The van der Waals surface area contributed by atoms with E-state index >= 15 is 0 Å². The fourth-order valence-electron chi connectivity index (χ4n) is 2.67. The maximum atomic E-state index is 12.5. The van der Waals surface area contributed by atoms with Crippen LogP contribution >= 0.6 is 0 Å². The van der Waals surface area contributed by atoms with Gasteiger partial charge in [-0.3, -0.25) is 4.79 Å². The second kappa shape index (κ2) is 7.74. The Balaban J connectivity index is 2.65. The summed E-state index contributed by atoms with van der Waals surface area (Å²) in [6, 6.07) is 0.588. The summed E-state index contributed by atoms with van der Waals surface area (Å²) >= 11 is 0. The van der Waals surface area contributed by atoms with Crippen LogP contribution in [-0.4, -0.2) is 49.2 Å². The molecular weight excluding hydrogens is 228 g/mol. The fourth-order valence-corrected chi connectivity index (χ4v) is 2.67. The number of amides is 1. The smallest absolute Gasteiger partial charge is 0.240 e. The summed E-state index contributed by atoms with van der Waals surface area (Å²) in [7, 11) is 1.71. The van der Waals surface area contributed by atoms with Gasteiger partial charge in [0.1, 0.15) is 0 Å². The molecule has 1 saturated heterocycles. The molecule has 2 unspecified atom stereocenters. The lowest BCUT2D eigenvalue weighted by Crippen LogP contribution is -2.56. The highest BCUT2D eigenvalue weighted by molar-refractivity contribution is 5.83. The van der Waals surface area contributed by atoms with Crippen molar-refractivity contribution in [1.29, 1.82) is 0 Å². The molecule has 0 aromatic heterocycles. The Hall–Kier alpha value is -0.610. The van der Waals surface area contributed by atoms with Crippen LogP contribution in [0.3, 0.4) is 0 Å². The molecule has 1 amide bonds. The number of nitrogens with zero attached hydrogens (tertiary/aromatic N) is 1. The van der Waals surface area contributed by atoms with Crippen molar-refractivity contribution in [3.8, 4) is 0 Å². The van der Waals surface area contributed by atoms with E-state index in [2.05, 4.69) is 26.1 Å². The summed E-state index contributed by atoms with van der Waals surface area (Å²) in [4.78, 5) is 14.5. The van der Waals surface area contributed by atoms with E-state index in [9.17, 15) is 4.79 Å². The zero-order chi connectivity index (χ0) is 13.5. The van der Waals surface area contributed by atoms with Gasteiger partial charge in [0, 0.05) is 19.7 Å². The number of hydrogen-bond donors (Lipinski definition) is 1. The minimum Gasteiger partial charge on any atom is -0.383 e. The van der Waals surface area contributed by atoms with Crippen molar-refractivity contribution in [2.75, 3.05) is 20.3 Å². The van der Waals surface area contributed by atoms with Crippen LogP contribution < -0.4 is 5.32 Å². The molecule has 0 aliphatic carbocycles. The van der Waals surface area contributed by atoms with Gasteiger partial charge in [-0.15, -0.1) is 0 Å². The van der Waals surface area contributed by atoms with Crippen molar-refractivity contribution >= 4 is 5.91 Å². The summed E-state index contributed by atoms with van der Waals surface area (Å²) in [5, 5.41) is 3.37. The van der Waals surface area contributed by atoms with Gasteiger partial charge in [0.15, 0.2) is 0 Å². The van der Waals surface area contributed by atoms with Crippen LogP contribution in [0.4, 0.5) is 0 Å². The van der Waals surface area contributed by atoms with Gasteiger partial charge in [-0.05, 0) is 19.3 Å². The highest BCUT2D eigenvalue weighted by atomic mass is 16.5.